The molecule has 4 amide bonds. The molecule has 8 heteroatoms. The molecule has 2 heterocycles. The fourth-order valence-electron chi connectivity index (χ4n) is 3.47. The van der Waals surface area contributed by atoms with Crippen LogP contribution in [0.2, 0.25) is 0 Å². The molecule has 3 N–H and O–H groups in total. The molecule has 0 radical (unpaired) electrons. The summed E-state index contributed by atoms with van der Waals surface area (Å²) in [6.07, 6.45) is 3.65. The van der Waals surface area contributed by atoms with Crippen molar-refractivity contribution in [3.8, 4) is 0 Å². The van der Waals surface area contributed by atoms with E-state index >= 15 is 0 Å². The summed E-state index contributed by atoms with van der Waals surface area (Å²) in [5.74, 6) is -0.148. The van der Waals surface area contributed by atoms with Crippen molar-refractivity contribution >= 4 is 35.3 Å². The Hall–Kier alpha value is -2.22. The molecule has 0 unspecified atom stereocenters. The van der Waals surface area contributed by atoms with E-state index in [1.807, 2.05) is 37.4 Å². The number of carbonyl (C=O) groups excluding carboxylic acids is 3. The second kappa shape index (κ2) is 7.99. The fraction of sp³-hybridized carbons (Fsp3) is 0.500. The van der Waals surface area contributed by atoms with Crippen LogP contribution in [-0.4, -0.2) is 53.7 Å². The standard InChI is InChI=1S/C18H24N4O3S/c1-3-14-17(24)22-8-7-12(10-15(22)16(23)21-14)20-18(25)19-11-5-4-6-13(9-11)26-2/h4-6,9,12,14-15H,3,7-8,10H2,1-2H3,(H,21,23)(H2,19,20,25)/t12-,14-,15-/m0/s1. The Morgan fingerprint density at radius 3 is 2.92 bits per heavy atom. The molecule has 0 aromatic heterocycles. The first-order valence-electron chi connectivity index (χ1n) is 8.84. The Balaban J connectivity index is 1.57. The molecule has 0 aliphatic carbocycles. The summed E-state index contributed by atoms with van der Waals surface area (Å²) >= 11 is 1.61. The SMILES string of the molecule is CC[C@@H]1NC(=O)[C@@H]2C[C@@H](NC(=O)Nc3cccc(SC)c3)CCN2C1=O. The number of benzene rings is 1. The van der Waals surface area contributed by atoms with E-state index in [9.17, 15) is 14.4 Å². The Bertz CT molecular complexity index is 711. The van der Waals surface area contributed by atoms with Gasteiger partial charge in [-0.15, -0.1) is 11.8 Å². The number of hydrogen-bond acceptors (Lipinski definition) is 4. The van der Waals surface area contributed by atoms with Crippen LogP contribution in [-0.2, 0) is 9.59 Å². The third-order valence-corrected chi connectivity index (χ3v) is 5.60. The van der Waals surface area contributed by atoms with Gasteiger partial charge < -0.3 is 20.9 Å². The molecule has 2 aliphatic heterocycles. The van der Waals surface area contributed by atoms with Gasteiger partial charge in [-0.1, -0.05) is 13.0 Å². The normalized spacial score (nSPS) is 25.3. The smallest absolute Gasteiger partial charge is 0.319 e. The van der Waals surface area contributed by atoms with E-state index in [1.165, 1.54) is 0 Å². The molecule has 140 valence electrons. The van der Waals surface area contributed by atoms with E-state index in [1.54, 1.807) is 16.7 Å². The van der Waals surface area contributed by atoms with Crippen LogP contribution < -0.4 is 16.0 Å². The van der Waals surface area contributed by atoms with Crippen LogP contribution in [0.3, 0.4) is 0 Å². The third-order valence-electron chi connectivity index (χ3n) is 4.87. The zero-order valence-corrected chi connectivity index (χ0v) is 15.8. The molecule has 2 aliphatic rings. The summed E-state index contributed by atoms with van der Waals surface area (Å²) < 4.78 is 0. The number of piperidine rings is 1. The van der Waals surface area contributed by atoms with Crippen molar-refractivity contribution in [1.82, 2.24) is 15.5 Å². The third kappa shape index (κ3) is 3.95. The van der Waals surface area contributed by atoms with Crippen molar-refractivity contribution in [3.05, 3.63) is 24.3 Å². The first-order chi connectivity index (χ1) is 12.5. The van der Waals surface area contributed by atoms with Gasteiger partial charge in [-0.05, 0) is 43.7 Å². The van der Waals surface area contributed by atoms with Crippen LogP contribution in [0.5, 0.6) is 0 Å². The van der Waals surface area contributed by atoms with Crippen LogP contribution in [0, 0.1) is 0 Å². The van der Waals surface area contributed by atoms with Crippen molar-refractivity contribution in [3.63, 3.8) is 0 Å². The molecular weight excluding hydrogens is 352 g/mol. The molecule has 7 nitrogen and oxygen atoms in total. The first kappa shape index (κ1) is 18.6. The number of carbonyl (C=O) groups is 3. The zero-order valence-electron chi connectivity index (χ0n) is 15.0. The molecule has 2 saturated heterocycles. The molecule has 0 bridgehead atoms. The Labute approximate surface area is 157 Å². The van der Waals surface area contributed by atoms with Gasteiger partial charge in [0, 0.05) is 23.2 Å². The average molecular weight is 376 g/mol. The van der Waals surface area contributed by atoms with Crippen molar-refractivity contribution in [1.29, 1.82) is 0 Å². The van der Waals surface area contributed by atoms with Gasteiger partial charge in [0.25, 0.3) is 0 Å². The lowest BCUT2D eigenvalue weighted by Gasteiger charge is -2.44. The van der Waals surface area contributed by atoms with Gasteiger partial charge in [0.1, 0.15) is 12.1 Å². The molecule has 0 saturated carbocycles. The minimum absolute atomic E-state index is 0.0196. The minimum Gasteiger partial charge on any atom is -0.343 e. The van der Waals surface area contributed by atoms with Crippen LogP contribution in [0.1, 0.15) is 26.2 Å². The van der Waals surface area contributed by atoms with Gasteiger partial charge >= 0.3 is 6.03 Å². The highest BCUT2D eigenvalue weighted by Gasteiger charge is 2.43. The maximum atomic E-state index is 12.4. The van der Waals surface area contributed by atoms with E-state index in [4.69, 9.17) is 0 Å². The zero-order chi connectivity index (χ0) is 18.7. The lowest BCUT2D eigenvalue weighted by Crippen LogP contribution is -2.66. The largest absolute Gasteiger partial charge is 0.343 e. The minimum atomic E-state index is -0.496. The van der Waals surface area contributed by atoms with Crippen LogP contribution in [0.25, 0.3) is 0 Å². The van der Waals surface area contributed by atoms with Gasteiger partial charge in [-0.3, -0.25) is 9.59 Å². The highest BCUT2D eigenvalue weighted by Crippen LogP contribution is 2.23. The van der Waals surface area contributed by atoms with Crippen molar-refractivity contribution < 1.29 is 14.4 Å². The van der Waals surface area contributed by atoms with E-state index in [-0.39, 0.29) is 23.9 Å². The maximum Gasteiger partial charge on any atom is 0.319 e. The monoisotopic (exact) mass is 376 g/mol. The number of urea groups is 1. The lowest BCUT2D eigenvalue weighted by molar-refractivity contribution is -0.151. The number of fused-ring (bicyclic) bond motifs is 1. The quantitative estimate of drug-likeness (QED) is 0.699. The van der Waals surface area contributed by atoms with Gasteiger partial charge in [-0.25, -0.2) is 4.79 Å². The number of anilines is 1. The highest BCUT2D eigenvalue weighted by molar-refractivity contribution is 7.98. The molecule has 1 aromatic rings. The predicted octanol–water partition coefficient (Wildman–Crippen LogP) is 1.80. The van der Waals surface area contributed by atoms with Gasteiger partial charge in [0.05, 0.1) is 0 Å². The molecule has 2 fully saturated rings. The number of amides is 4. The van der Waals surface area contributed by atoms with Crippen molar-refractivity contribution in [2.24, 2.45) is 0 Å². The highest BCUT2D eigenvalue weighted by atomic mass is 32.2. The summed E-state index contributed by atoms with van der Waals surface area (Å²) in [4.78, 5) is 39.7. The number of hydrogen-bond donors (Lipinski definition) is 3. The number of rotatable bonds is 4. The topological polar surface area (TPSA) is 90.5 Å². The summed E-state index contributed by atoms with van der Waals surface area (Å²) in [5, 5.41) is 8.53. The second-order valence-electron chi connectivity index (χ2n) is 6.57. The predicted molar refractivity (Wildman–Crippen MR) is 101 cm³/mol. The molecule has 1 aromatic carbocycles. The van der Waals surface area contributed by atoms with E-state index < -0.39 is 12.1 Å². The van der Waals surface area contributed by atoms with Crippen molar-refractivity contribution in [2.45, 2.75) is 49.2 Å². The van der Waals surface area contributed by atoms with E-state index in [2.05, 4.69) is 16.0 Å². The van der Waals surface area contributed by atoms with E-state index in [0.717, 1.165) is 10.6 Å². The second-order valence-corrected chi connectivity index (χ2v) is 7.45. The average Bonchev–Trinajstić information content (AvgIpc) is 2.64. The van der Waals surface area contributed by atoms with Gasteiger partial charge in [0.15, 0.2) is 0 Å². The Morgan fingerprint density at radius 1 is 1.38 bits per heavy atom. The summed E-state index contributed by atoms with van der Waals surface area (Å²) in [6, 6.07) is 6.26. The molecule has 0 spiro atoms. The molecule has 3 rings (SSSR count). The number of thioether (sulfide) groups is 1. The summed E-state index contributed by atoms with van der Waals surface area (Å²) in [5.41, 5.74) is 0.725. The number of nitrogens with one attached hydrogen (secondary N) is 3. The summed E-state index contributed by atoms with van der Waals surface area (Å²) in [6.45, 7) is 2.37. The van der Waals surface area contributed by atoms with Gasteiger partial charge in [0.2, 0.25) is 11.8 Å². The van der Waals surface area contributed by atoms with Crippen LogP contribution >= 0.6 is 11.8 Å². The summed E-state index contributed by atoms with van der Waals surface area (Å²) in [7, 11) is 0. The number of nitrogens with zero attached hydrogens (tertiary/aromatic N) is 1. The molecule has 3 atom stereocenters. The first-order valence-corrected chi connectivity index (χ1v) is 10.1. The van der Waals surface area contributed by atoms with Gasteiger partial charge in [-0.2, -0.15) is 0 Å². The Kier molecular flexibility index (Phi) is 5.70. The van der Waals surface area contributed by atoms with Crippen LogP contribution in [0.4, 0.5) is 10.5 Å². The molecular formula is C18H24N4O3S. The van der Waals surface area contributed by atoms with E-state index in [0.29, 0.717) is 25.8 Å². The van der Waals surface area contributed by atoms with Crippen LogP contribution in [0.15, 0.2) is 29.2 Å². The maximum absolute atomic E-state index is 12.4. The fourth-order valence-corrected chi connectivity index (χ4v) is 3.93. The van der Waals surface area contributed by atoms with Crippen molar-refractivity contribution in [2.75, 3.05) is 18.1 Å². The molecule has 26 heavy (non-hydrogen) atoms. The lowest BCUT2D eigenvalue weighted by atomic mass is 9.92. The number of piperazine rings is 1. The Morgan fingerprint density at radius 2 is 2.19 bits per heavy atom.